The van der Waals surface area contributed by atoms with Gasteiger partial charge < -0.3 is 15.2 Å². The fourth-order valence-corrected chi connectivity index (χ4v) is 1.83. The van der Waals surface area contributed by atoms with Crippen LogP contribution in [0.3, 0.4) is 0 Å². The van der Waals surface area contributed by atoms with Crippen molar-refractivity contribution in [2.75, 3.05) is 5.32 Å². The molecule has 0 aliphatic carbocycles. The van der Waals surface area contributed by atoms with Gasteiger partial charge in [0.2, 0.25) is 0 Å². The van der Waals surface area contributed by atoms with E-state index in [4.69, 9.17) is 0 Å². The highest BCUT2D eigenvalue weighted by molar-refractivity contribution is 6.10. The van der Waals surface area contributed by atoms with E-state index in [-0.39, 0.29) is 16.8 Å². The number of halogens is 3. The van der Waals surface area contributed by atoms with Gasteiger partial charge in [-0.15, -0.1) is 0 Å². The van der Waals surface area contributed by atoms with Crippen molar-refractivity contribution in [3.05, 3.63) is 65.2 Å². The summed E-state index contributed by atoms with van der Waals surface area (Å²) >= 11 is 0. The molecule has 1 N–H and O–H groups in total. The largest absolute Gasteiger partial charge is 0.545 e. The van der Waals surface area contributed by atoms with E-state index in [2.05, 4.69) is 5.32 Å². The molecule has 7 heteroatoms. The van der Waals surface area contributed by atoms with Gasteiger partial charge in [0.05, 0.1) is 11.5 Å². The molecule has 0 heterocycles. The van der Waals surface area contributed by atoms with Crippen LogP contribution in [0.2, 0.25) is 0 Å². The van der Waals surface area contributed by atoms with Crippen molar-refractivity contribution in [2.24, 2.45) is 0 Å². The first-order valence-electron chi connectivity index (χ1n) is 6.08. The average molecular weight is 308 g/mol. The molecule has 0 radical (unpaired) electrons. The zero-order valence-corrected chi connectivity index (χ0v) is 11.0. The molecule has 2 aromatic rings. The number of carboxylic acid groups (broad SMARTS) is 1. The van der Waals surface area contributed by atoms with Gasteiger partial charge in [0, 0.05) is 16.8 Å². The van der Waals surface area contributed by atoms with E-state index >= 15 is 0 Å². The number of amides is 1. The van der Waals surface area contributed by atoms with Crippen LogP contribution in [0.25, 0.3) is 0 Å². The van der Waals surface area contributed by atoms with Gasteiger partial charge in [0.1, 0.15) is 0 Å². The minimum absolute atomic E-state index is 0.0898. The first kappa shape index (κ1) is 15.6. The molecule has 1 amide bonds. The highest BCUT2D eigenvalue weighted by Crippen LogP contribution is 2.30. The summed E-state index contributed by atoms with van der Waals surface area (Å²) in [4.78, 5) is 22.9. The molecule has 114 valence electrons. The van der Waals surface area contributed by atoms with Gasteiger partial charge in [-0.25, -0.2) is 0 Å². The second-order valence-electron chi connectivity index (χ2n) is 4.37. The predicted molar refractivity (Wildman–Crippen MR) is 70.2 cm³/mol. The Kier molecular flexibility index (Phi) is 4.16. The summed E-state index contributed by atoms with van der Waals surface area (Å²) in [5.41, 5.74) is -1.54. The Bertz CT molecular complexity index is 726. The van der Waals surface area contributed by atoms with Crippen LogP contribution in [0.4, 0.5) is 18.9 Å². The van der Waals surface area contributed by atoms with Crippen LogP contribution in [-0.2, 0) is 6.18 Å². The summed E-state index contributed by atoms with van der Waals surface area (Å²) in [6.07, 6.45) is -4.54. The van der Waals surface area contributed by atoms with Crippen LogP contribution in [0.5, 0.6) is 0 Å². The molecule has 0 bridgehead atoms. The third kappa shape index (κ3) is 3.43. The van der Waals surface area contributed by atoms with Crippen molar-refractivity contribution >= 4 is 17.6 Å². The van der Waals surface area contributed by atoms with Crippen LogP contribution < -0.4 is 10.4 Å². The third-order valence-corrected chi connectivity index (χ3v) is 2.84. The lowest BCUT2D eigenvalue weighted by Crippen LogP contribution is -2.26. The summed E-state index contributed by atoms with van der Waals surface area (Å²) in [6.45, 7) is 0. The van der Waals surface area contributed by atoms with Gasteiger partial charge in [-0.3, -0.25) is 4.79 Å². The van der Waals surface area contributed by atoms with E-state index in [1.807, 2.05) is 0 Å². The van der Waals surface area contributed by atoms with Crippen LogP contribution in [0.15, 0.2) is 48.5 Å². The van der Waals surface area contributed by atoms with Crippen LogP contribution in [0.1, 0.15) is 26.3 Å². The smallest absolute Gasteiger partial charge is 0.416 e. The quantitative estimate of drug-likeness (QED) is 0.946. The maximum absolute atomic E-state index is 12.6. The Hall–Kier alpha value is -2.83. The van der Waals surface area contributed by atoms with E-state index in [0.717, 1.165) is 18.2 Å². The molecule has 2 rings (SSSR count). The number of rotatable bonds is 3. The average Bonchev–Trinajstić information content (AvgIpc) is 2.46. The number of nitrogens with one attached hydrogen (secondary N) is 1. The lowest BCUT2D eigenvalue weighted by molar-refractivity contribution is -0.255. The van der Waals surface area contributed by atoms with Crippen LogP contribution >= 0.6 is 0 Å². The number of carboxylic acids is 1. The molecule has 0 aliphatic rings. The molecule has 0 aliphatic heterocycles. The molecule has 22 heavy (non-hydrogen) atoms. The lowest BCUT2D eigenvalue weighted by Gasteiger charge is -2.12. The number of benzene rings is 2. The van der Waals surface area contributed by atoms with Gasteiger partial charge in [0.15, 0.2) is 0 Å². The van der Waals surface area contributed by atoms with Gasteiger partial charge in [0.25, 0.3) is 5.91 Å². The maximum Gasteiger partial charge on any atom is 0.416 e. The fraction of sp³-hybridized carbons (Fsp3) is 0.0667. The van der Waals surface area contributed by atoms with Crippen LogP contribution in [0, 0.1) is 0 Å². The highest BCUT2D eigenvalue weighted by atomic mass is 19.4. The van der Waals surface area contributed by atoms with E-state index in [1.54, 1.807) is 0 Å². The molecule has 0 saturated heterocycles. The molecule has 0 atom stereocenters. The second-order valence-corrected chi connectivity index (χ2v) is 4.37. The topological polar surface area (TPSA) is 69.2 Å². The maximum atomic E-state index is 12.6. The molecule has 2 aromatic carbocycles. The fourth-order valence-electron chi connectivity index (χ4n) is 1.83. The Balaban J connectivity index is 2.29. The Morgan fingerprint density at radius 3 is 2.18 bits per heavy atom. The third-order valence-electron chi connectivity index (χ3n) is 2.84. The number of aromatic carboxylic acids is 1. The van der Waals surface area contributed by atoms with Crippen molar-refractivity contribution in [1.82, 2.24) is 0 Å². The molecular weight excluding hydrogens is 299 g/mol. The van der Waals surface area contributed by atoms with Gasteiger partial charge in [-0.1, -0.05) is 24.3 Å². The van der Waals surface area contributed by atoms with Crippen molar-refractivity contribution in [1.29, 1.82) is 0 Å². The molecule has 0 spiro atoms. The van der Waals surface area contributed by atoms with E-state index in [1.165, 1.54) is 30.3 Å². The monoisotopic (exact) mass is 308 g/mol. The Morgan fingerprint density at radius 1 is 0.955 bits per heavy atom. The van der Waals surface area contributed by atoms with E-state index in [0.29, 0.717) is 0 Å². The SMILES string of the molecule is O=C([O-])c1ccccc1C(=O)Nc1cccc(C(F)(F)F)c1. The molecule has 0 fully saturated rings. The standard InChI is InChI=1S/C15H10F3NO3/c16-15(17,18)9-4-3-5-10(8-9)19-13(20)11-6-1-2-7-12(11)14(21)22/h1-8H,(H,19,20)(H,21,22)/p-1. The minimum atomic E-state index is -4.54. The highest BCUT2D eigenvalue weighted by Gasteiger charge is 2.30. The van der Waals surface area contributed by atoms with Crippen molar-refractivity contribution < 1.29 is 27.9 Å². The number of hydrogen-bond donors (Lipinski definition) is 1. The molecule has 0 unspecified atom stereocenters. The van der Waals surface area contributed by atoms with Crippen molar-refractivity contribution in [2.45, 2.75) is 6.18 Å². The van der Waals surface area contributed by atoms with E-state index < -0.39 is 23.6 Å². The molecular formula is C15H9F3NO3-. The number of alkyl halides is 3. The van der Waals surface area contributed by atoms with Gasteiger partial charge >= 0.3 is 6.18 Å². The van der Waals surface area contributed by atoms with Crippen molar-refractivity contribution in [3.8, 4) is 0 Å². The summed E-state index contributed by atoms with van der Waals surface area (Å²) < 4.78 is 37.8. The summed E-state index contributed by atoms with van der Waals surface area (Å²) in [6, 6.07) is 9.31. The molecule has 0 saturated carbocycles. The number of anilines is 1. The lowest BCUT2D eigenvalue weighted by atomic mass is 10.1. The molecule has 0 aromatic heterocycles. The number of carbonyl (C=O) groups is 2. The summed E-state index contributed by atoms with van der Waals surface area (Å²) in [5, 5.41) is 13.2. The second kappa shape index (κ2) is 5.88. The summed E-state index contributed by atoms with van der Waals surface area (Å²) in [5.74, 6) is -2.38. The number of carbonyl (C=O) groups excluding carboxylic acids is 2. The first-order valence-corrected chi connectivity index (χ1v) is 6.08. The summed E-state index contributed by atoms with van der Waals surface area (Å²) in [7, 11) is 0. The van der Waals surface area contributed by atoms with Crippen LogP contribution in [-0.4, -0.2) is 11.9 Å². The van der Waals surface area contributed by atoms with E-state index in [9.17, 15) is 27.9 Å². The van der Waals surface area contributed by atoms with Gasteiger partial charge in [-0.05, 0) is 24.3 Å². The van der Waals surface area contributed by atoms with Gasteiger partial charge in [-0.2, -0.15) is 13.2 Å². The zero-order valence-electron chi connectivity index (χ0n) is 11.0. The normalized spacial score (nSPS) is 11.0. The predicted octanol–water partition coefficient (Wildman–Crippen LogP) is 2.32. The first-order chi connectivity index (χ1) is 10.3. The zero-order chi connectivity index (χ0) is 16.3. The Labute approximate surface area is 123 Å². The van der Waals surface area contributed by atoms with Crippen molar-refractivity contribution in [3.63, 3.8) is 0 Å². The Morgan fingerprint density at radius 2 is 1.59 bits per heavy atom. The molecule has 4 nitrogen and oxygen atoms in total. The number of hydrogen-bond acceptors (Lipinski definition) is 3. The minimum Gasteiger partial charge on any atom is -0.545 e.